The molecule has 5 atom stereocenters. The third-order valence-corrected chi connectivity index (χ3v) is 5.97. The molecule has 5 rings (SSSR count). The van der Waals surface area contributed by atoms with Crippen LogP contribution in [0.3, 0.4) is 0 Å². The Balaban J connectivity index is 1.63. The van der Waals surface area contributed by atoms with E-state index in [4.69, 9.17) is 28.4 Å². The molecule has 9 nitrogen and oxygen atoms in total. The highest BCUT2D eigenvalue weighted by Crippen LogP contribution is 2.48. The molecule has 3 aromatic rings. The third-order valence-electron chi connectivity index (χ3n) is 5.97. The molecule has 0 aromatic heterocycles. The van der Waals surface area contributed by atoms with Gasteiger partial charge in [-0.25, -0.2) is 0 Å². The summed E-state index contributed by atoms with van der Waals surface area (Å²) in [7, 11) is 0. The van der Waals surface area contributed by atoms with E-state index < -0.39 is 48.6 Å². The minimum atomic E-state index is -1.09. The topological polar surface area (TPSA) is 107 Å². The van der Waals surface area contributed by atoms with Gasteiger partial charge in [0.2, 0.25) is 12.4 Å². The molecule has 1 saturated heterocycles. The Morgan fingerprint density at radius 3 is 1.77 bits per heavy atom. The van der Waals surface area contributed by atoms with Crippen molar-refractivity contribution in [3.63, 3.8) is 0 Å². The molecule has 0 spiro atoms. The van der Waals surface area contributed by atoms with Crippen LogP contribution < -0.4 is 9.47 Å². The highest BCUT2D eigenvalue weighted by molar-refractivity contribution is 6.13. The lowest BCUT2D eigenvalue weighted by Crippen LogP contribution is -2.65. The molecule has 3 aromatic carbocycles. The van der Waals surface area contributed by atoms with E-state index in [0.29, 0.717) is 11.5 Å². The van der Waals surface area contributed by atoms with E-state index in [9.17, 15) is 14.4 Å². The minimum absolute atomic E-state index is 0.233. The zero-order chi connectivity index (χ0) is 24.7. The molecule has 1 fully saturated rings. The van der Waals surface area contributed by atoms with Crippen molar-refractivity contribution >= 4 is 39.5 Å². The van der Waals surface area contributed by atoms with Crippen LogP contribution in [0.1, 0.15) is 20.8 Å². The smallest absolute Gasteiger partial charge is 0.303 e. The van der Waals surface area contributed by atoms with Gasteiger partial charge in [-0.2, -0.15) is 0 Å². The Labute approximate surface area is 200 Å². The van der Waals surface area contributed by atoms with Crippen LogP contribution in [0, 0.1) is 0 Å². The molecule has 35 heavy (non-hydrogen) atoms. The van der Waals surface area contributed by atoms with E-state index in [1.54, 1.807) is 0 Å². The lowest BCUT2D eigenvalue weighted by molar-refractivity contribution is -0.286. The number of esters is 3. The number of carbonyl (C=O) groups is 3. The number of ether oxygens (including phenoxy) is 6. The van der Waals surface area contributed by atoms with Gasteiger partial charge < -0.3 is 28.4 Å². The number of hydrogen-bond acceptors (Lipinski definition) is 9. The average molecular weight is 480 g/mol. The summed E-state index contributed by atoms with van der Waals surface area (Å²) < 4.78 is 35.1. The lowest BCUT2D eigenvalue weighted by atomic mass is 9.95. The zero-order valence-corrected chi connectivity index (χ0v) is 19.4. The van der Waals surface area contributed by atoms with Crippen molar-refractivity contribution in [1.29, 1.82) is 0 Å². The van der Waals surface area contributed by atoms with Crippen LogP contribution in [0.5, 0.6) is 11.5 Å². The van der Waals surface area contributed by atoms with Crippen molar-refractivity contribution in [3.05, 3.63) is 48.5 Å². The van der Waals surface area contributed by atoms with Crippen molar-refractivity contribution in [3.8, 4) is 11.5 Å². The summed E-state index contributed by atoms with van der Waals surface area (Å²) in [6.45, 7) is 3.50. The second kappa shape index (κ2) is 9.07. The van der Waals surface area contributed by atoms with Gasteiger partial charge in [-0.1, -0.05) is 48.5 Å². The van der Waals surface area contributed by atoms with Crippen LogP contribution in [0.4, 0.5) is 0 Å². The number of benzene rings is 3. The molecule has 2 aliphatic rings. The Hall–Kier alpha value is -3.85. The maximum Gasteiger partial charge on any atom is 0.303 e. The van der Waals surface area contributed by atoms with Crippen molar-refractivity contribution in [1.82, 2.24) is 0 Å². The molecule has 2 heterocycles. The van der Waals surface area contributed by atoms with Gasteiger partial charge in [-0.3, -0.25) is 14.4 Å². The van der Waals surface area contributed by atoms with Crippen LogP contribution in [-0.4, -0.2) is 55.2 Å². The summed E-state index contributed by atoms with van der Waals surface area (Å²) in [4.78, 5) is 35.4. The van der Waals surface area contributed by atoms with E-state index in [1.165, 1.54) is 20.8 Å². The Kier molecular flexibility index (Phi) is 5.94. The zero-order valence-electron chi connectivity index (χ0n) is 19.4. The van der Waals surface area contributed by atoms with E-state index in [0.717, 1.165) is 21.5 Å². The summed E-state index contributed by atoms with van der Waals surface area (Å²) >= 11 is 0. The highest BCUT2D eigenvalue weighted by Gasteiger charge is 2.55. The van der Waals surface area contributed by atoms with Gasteiger partial charge in [0, 0.05) is 31.5 Å². The molecular formula is C26H24O9. The summed E-state index contributed by atoms with van der Waals surface area (Å²) in [5, 5.41) is 3.58. The molecule has 0 radical (unpaired) electrons. The molecule has 0 bridgehead atoms. The van der Waals surface area contributed by atoms with Gasteiger partial charge in [-0.05, 0) is 10.8 Å². The molecule has 0 saturated carbocycles. The summed E-state index contributed by atoms with van der Waals surface area (Å²) in [6, 6.07) is 15.5. The van der Waals surface area contributed by atoms with E-state index in [-0.39, 0.29) is 6.61 Å². The van der Waals surface area contributed by atoms with Crippen LogP contribution in [-0.2, 0) is 33.3 Å². The first kappa shape index (κ1) is 22.9. The van der Waals surface area contributed by atoms with E-state index >= 15 is 0 Å². The minimum Gasteiger partial charge on any atom is -0.475 e. The summed E-state index contributed by atoms with van der Waals surface area (Å²) in [5.74, 6) is -0.794. The second-order valence-electron chi connectivity index (χ2n) is 8.44. The van der Waals surface area contributed by atoms with E-state index in [1.807, 2.05) is 48.5 Å². The van der Waals surface area contributed by atoms with Crippen molar-refractivity contribution in [2.24, 2.45) is 0 Å². The molecule has 0 amide bonds. The largest absolute Gasteiger partial charge is 0.475 e. The lowest BCUT2D eigenvalue weighted by Gasteiger charge is -2.46. The van der Waals surface area contributed by atoms with E-state index in [2.05, 4.69) is 0 Å². The summed E-state index contributed by atoms with van der Waals surface area (Å²) in [5.41, 5.74) is 0. The molecule has 9 heteroatoms. The third kappa shape index (κ3) is 4.23. The molecular weight excluding hydrogens is 456 g/mol. The fourth-order valence-electron chi connectivity index (χ4n) is 4.65. The van der Waals surface area contributed by atoms with Crippen molar-refractivity contribution in [2.45, 2.75) is 51.5 Å². The number of fused-ring (bicyclic) bond motifs is 7. The average Bonchev–Trinajstić information content (AvgIpc) is 2.83. The standard InChI is InChI=1S/C26H24O9/c1-13(27)30-12-20-23(31-14(2)28)24(32-15(3)29)25-26(33-20)35-22-19-11-7-5-9-17(19)16-8-4-6-10-18(16)21(22)34-25/h4-11,20,23-26H,12H2,1-3H3/t20-,23+,24+,25+,26+/m0/s1. The molecule has 0 unspecified atom stereocenters. The fraction of sp³-hybridized carbons (Fsp3) is 0.346. The SMILES string of the molecule is CC(=O)OC[C@@H]1O[C@@H]2Oc3c(c4ccccc4c4ccccc34)O[C@@H]2[C@H](OC(C)=O)[C@@H]1OC(C)=O. The first-order valence-electron chi connectivity index (χ1n) is 11.2. The number of carbonyl (C=O) groups excluding carboxylic acids is 3. The molecule has 0 N–H and O–H groups in total. The summed E-state index contributed by atoms with van der Waals surface area (Å²) in [6.07, 6.45) is -5.09. The predicted octanol–water partition coefficient (Wildman–Crippen LogP) is 3.28. The number of rotatable bonds is 4. The Morgan fingerprint density at radius 2 is 1.23 bits per heavy atom. The Bertz CT molecular complexity index is 1320. The maximum atomic E-state index is 12.0. The van der Waals surface area contributed by atoms with Gasteiger partial charge in [0.05, 0.1) is 0 Å². The molecule has 2 aliphatic heterocycles. The van der Waals surface area contributed by atoms with Crippen LogP contribution in [0.2, 0.25) is 0 Å². The van der Waals surface area contributed by atoms with Gasteiger partial charge >= 0.3 is 17.9 Å². The van der Waals surface area contributed by atoms with Crippen molar-refractivity contribution < 1.29 is 42.8 Å². The Morgan fingerprint density at radius 1 is 0.714 bits per heavy atom. The first-order valence-corrected chi connectivity index (χ1v) is 11.2. The monoisotopic (exact) mass is 480 g/mol. The molecule has 0 aliphatic carbocycles. The molecule has 182 valence electrons. The van der Waals surface area contributed by atoms with Gasteiger partial charge in [0.1, 0.15) is 12.7 Å². The van der Waals surface area contributed by atoms with Crippen LogP contribution in [0.25, 0.3) is 21.5 Å². The fourth-order valence-corrected chi connectivity index (χ4v) is 4.65. The van der Waals surface area contributed by atoms with Gasteiger partial charge in [0.15, 0.2) is 23.7 Å². The first-order chi connectivity index (χ1) is 16.8. The van der Waals surface area contributed by atoms with Crippen LogP contribution >= 0.6 is 0 Å². The normalized spacial score (nSPS) is 24.9. The van der Waals surface area contributed by atoms with Crippen molar-refractivity contribution in [2.75, 3.05) is 6.61 Å². The predicted molar refractivity (Wildman–Crippen MR) is 123 cm³/mol. The van der Waals surface area contributed by atoms with Crippen LogP contribution in [0.15, 0.2) is 48.5 Å². The quantitative estimate of drug-likeness (QED) is 0.316. The van der Waals surface area contributed by atoms with Gasteiger partial charge in [-0.15, -0.1) is 0 Å². The highest BCUT2D eigenvalue weighted by atomic mass is 16.7. The second-order valence-corrected chi connectivity index (χ2v) is 8.44. The maximum absolute atomic E-state index is 12.0. The van der Waals surface area contributed by atoms with Gasteiger partial charge in [0.25, 0.3) is 0 Å². The number of hydrogen-bond donors (Lipinski definition) is 0.